The number of benzene rings is 1. The number of phenolic OH excluding ortho intramolecular Hbond substituents is 1. The molecule has 2 aromatic rings. The Morgan fingerprint density at radius 3 is 3.00 bits per heavy atom. The fraction of sp³-hybridized carbons (Fsp3) is 0.294. The number of quaternary nitrogens is 1. The van der Waals surface area contributed by atoms with Crippen molar-refractivity contribution in [1.82, 2.24) is 0 Å². The fourth-order valence-electron chi connectivity index (χ4n) is 2.70. The quantitative estimate of drug-likeness (QED) is 0.833. The van der Waals surface area contributed by atoms with Crippen molar-refractivity contribution in [1.29, 1.82) is 5.26 Å². The van der Waals surface area contributed by atoms with Gasteiger partial charge < -0.3 is 10.0 Å². The molecule has 0 aliphatic carbocycles. The van der Waals surface area contributed by atoms with E-state index in [9.17, 15) is 10.4 Å². The zero-order chi connectivity index (χ0) is 15.7. The van der Waals surface area contributed by atoms with Crippen molar-refractivity contribution >= 4 is 22.6 Å². The maximum atomic E-state index is 9.94. The summed E-state index contributed by atoms with van der Waals surface area (Å²) in [6.45, 7) is 3.95. The molecule has 0 fully saturated rings. The van der Waals surface area contributed by atoms with Gasteiger partial charge in [-0.3, -0.25) is 0 Å². The zero-order valence-corrected chi connectivity index (χ0v) is 13.5. The highest BCUT2D eigenvalue weighted by Crippen LogP contribution is 2.36. The third-order valence-corrected chi connectivity index (χ3v) is 5.09. The lowest BCUT2D eigenvalue weighted by atomic mass is 10.0. The molecule has 2 N–H and O–H groups in total. The summed E-state index contributed by atoms with van der Waals surface area (Å²) in [7, 11) is 2.17. The molecule has 1 atom stereocenters. The molecule has 4 nitrogen and oxygen atoms in total. The highest BCUT2D eigenvalue weighted by molar-refractivity contribution is 7.16. The molecule has 1 unspecified atom stereocenters. The van der Waals surface area contributed by atoms with Crippen LogP contribution in [0.1, 0.15) is 27.1 Å². The van der Waals surface area contributed by atoms with Gasteiger partial charge in [0.05, 0.1) is 24.0 Å². The van der Waals surface area contributed by atoms with Crippen LogP contribution in [0.2, 0.25) is 0 Å². The van der Waals surface area contributed by atoms with Gasteiger partial charge in [0.1, 0.15) is 23.4 Å². The summed E-state index contributed by atoms with van der Waals surface area (Å²) in [5, 5.41) is 20.1. The number of nitrogens with zero attached hydrogens (tertiary/aromatic N) is 2. The van der Waals surface area contributed by atoms with Crippen molar-refractivity contribution < 1.29 is 10.0 Å². The van der Waals surface area contributed by atoms with Crippen LogP contribution < -0.4 is 4.90 Å². The Kier molecular flexibility index (Phi) is 3.97. The number of likely N-dealkylation sites (N-methyl/N-ethyl adjacent to an activating group) is 1. The number of rotatable bonds is 2. The highest BCUT2D eigenvalue weighted by Gasteiger charge is 2.24. The van der Waals surface area contributed by atoms with E-state index in [0.29, 0.717) is 11.1 Å². The molecule has 3 rings (SSSR count). The molecule has 1 aliphatic rings. The maximum absolute atomic E-state index is 9.94. The summed E-state index contributed by atoms with van der Waals surface area (Å²) in [4.78, 5) is 7.20. The molecule has 22 heavy (non-hydrogen) atoms. The van der Waals surface area contributed by atoms with E-state index in [-0.39, 0.29) is 5.75 Å². The van der Waals surface area contributed by atoms with Gasteiger partial charge in [0, 0.05) is 18.2 Å². The van der Waals surface area contributed by atoms with E-state index >= 15 is 0 Å². The van der Waals surface area contributed by atoms with Crippen LogP contribution in [0.15, 0.2) is 23.2 Å². The van der Waals surface area contributed by atoms with Crippen LogP contribution in [0.5, 0.6) is 5.75 Å². The van der Waals surface area contributed by atoms with E-state index in [1.165, 1.54) is 15.3 Å². The number of aryl methyl sites for hydroxylation is 1. The van der Waals surface area contributed by atoms with Crippen LogP contribution in [-0.4, -0.2) is 24.9 Å². The number of thiophene rings is 1. The van der Waals surface area contributed by atoms with Crippen molar-refractivity contribution in [3.63, 3.8) is 0 Å². The van der Waals surface area contributed by atoms with Gasteiger partial charge in [-0.1, -0.05) is 6.07 Å². The minimum atomic E-state index is 0.216. The summed E-state index contributed by atoms with van der Waals surface area (Å²) in [5.74, 6) is 0.216. The zero-order valence-electron chi connectivity index (χ0n) is 12.7. The van der Waals surface area contributed by atoms with Gasteiger partial charge in [-0.05, 0) is 30.2 Å². The molecule has 0 bridgehead atoms. The van der Waals surface area contributed by atoms with Gasteiger partial charge >= 0.3 is 0 Å². The predicted octanol–water partition coefficient (Wildman–Crippen LogP) is 1.96. The number of fused-ring (bicyclic) bond motifs is 1. The first-order valence-electron chi connectivity index (χ1n) is 7.28. The lowest BCUT2D eigenvalue weighted by Crippen LogP contribution is -3.08. The molecule has 0 spiro atoms. The molecular weight excluding hydrogens is 294 g/mol. The SMILES string of the molecule is Cc1ccc(/C=N/c2sc3c(c2C#N)CC[NH+](C)C3)c(O)c1. The Morgan fingerprint density at radius 2 is 2.27 bits per heavy atom. The van der Waals surface area contributed by atoms with Gasteiger partial charge in [0.15, 0.2) is 0 Å². The molecule has 2 heterocycles. The molecule has 1 aromatic heterocycles. The Bertz CT molecular complexity index is 786. The van der Waals surface area contributed by atoms with E-state index in [2.05, 4.69) is 18.1 Å². The van der Waals surface area contributed by atoms with Crippen molar-refractivity contribution in [2.45, 2.75) is 19.9 Å². The van der Waals surface area contributed by atoms with Gasteiger partial charge in [-0.2, -0.15) is 5.26 Å². The third kappa shape index (κ3) is 2.76. The number of nitriles is 1. The van der Waals surface area contributed by atoms with Gasteiger partial charge in [0.2, 0.25) is 0 Å². The van der Waals surface area contributed by atoms with Crippen LogP contribution in [0, 0.1) is 18.3 Å². The minimum Gasteiger partial charge on any atom is -0.507 e. The second kappa shape index (κ2) is 5.91. The number of aromatic hydroxyl groups is 1. The summed E-state index contributed by atoms with van der Waals surface area (Å²) in [6.07, 6.45) is 2.58. The first-order valence-corrected chi connectivity index (χ1v) is 8.09. The first kappa shape index (κ1) is 14.8. The average Bonchev–Trinajstić information content (AvgIpc) is 2.82. The molecule has 0 amide bonds. The number of nitrogens with one attached hydrogen (secondary N) is 1. The minimum absolute atomic E-state index is 0.216. The van der Waals surface area contributed by atoms with E-state index in [4.69, 9.17) is 0 Å². The van der Waals surface area contributed by atoms with Crippen LogP contribution in [0.25, 0.3) is 0 Å². The van der Waals surface area contributed by atoms with E-state index < -0.39 is 0 Å². The lowest BCUT2D eigenvalue weighted by Gasteiger charge is -2.18. The van der Waals surface area contributed by atoms with Crippen molar-refractivity contribution in [2.75, 3.05) is 13.6 Å². The predicted molar refractivity (Wildman–Crippen MR) is 88.3 cm³/mol. The van der Waals surface area contributed by atoms with Crippen LogP contribution in [0.3, 0.4) is 0 Å². The van der Waals surface area contributed by atoms with E-state index in [1.807, 2.05) is 19.1 Å². The second-order valence-corrected chi connectivity index (χ2v) is 6.83. The smallest absolute Gasteiger partial charge is 0.134 e. The van der Waals surface area contributed by atoms with Gasteiger partial charge in [-0.15, -0.1) is 11.3 Å². The normalized spacial score (nSPS) is 17.4. The van der Waals surface area contributed by atoms with Crippen molar-refractivity contribution in [3.8, 4) is 11.8 Å². The van der Waals surface area contributed by atoms with E-state index in [1.54, 1.807) is 23.6 Å². The Labute approximate surface area is 134 Å². The monoisotopic (exact) mass is 312 g/mol. The lowest BCUT2D eigenvalue weighted by molar-refractivity contribution is -0.895. The standard InChI is InChI=1S/C17H17N3OS/c1-11-3-4-12(15(21)7-11)9-19-17-14(8-18)13-5-6-20(2)10-16(13)22-17/h3-4,7,9,21H,5-6,10H2,1-2H3/p+1/b19-9+. The van der Waals surface area contributed by atoms with Crippen molar-refractivity contribution in [3.05, 3.63) is 45.3 Å². The summed E-state index contributed by atoms with van der Waals surface area (Å²) >= 11 is 1.60. The largest absolute Gasteiger partial charge is 0.507 e. The Balaban J connectivity index is 1.96. The molecule has 0 saturated carbocycles. The molecule has 1 aliphatic heterocycles. The van der Waals surface area contributed by atoms with Crippen molar-refractivity contribution in [2.24, 2.45) is 4.99 Å². The fourth-order valence-corrected chi connectivity index (χ4v) is 3.96. The van der Waals surface area contributed by atoms with Gasteiger partial charge in [-0.25, -0.2) is 4.99 Å². The Hall–Kier alpha value is -2.16. The second-order valence-electron chi connectivity index (χ2n) is 5.75. The molecule has 0 saturated heterocycles. The van der Waals surface area contributed by atoms with Crippen LogP contribution in [-0.2, 0) is 13.0 Å². The Morgan fingerprint density at radius 1 is 1.45 bits per heavy atom. The van der Waals surface area contributed by atoms with Gasteiger partial charge in [0.25, 0.3) is 0 Å². The maximum Gasteiger partial charge on any atom is 0.134 e. The molecule has 5 heteroatoms. The third-order valence-electron chi connectivity index (χ3n) is 3.95. The highest BCUT2D eigenvalue weighted by atomic mass is 32.1. The number of hydrogen-bond acceptors (Lipinski definition) is 4. The first-order chi connectivity index (χ1) is 10.6. The van der Waals surface area contributed by atoms with Crippen LogP contribution in [0.4, 0.5) is 5.00 Å². The number of hydrogen-bond donors (Lipinski definition) is 2. The number of aliphatic imine (C=N–C) groups is 1. The topological polar surface area (TPSA) is 60.8 Å². The average molecular weight is 312 g/mol. The number of phenols is 1. The molecule has 0 radical (unpaired) electrons. The molecule has 112 valence electrons. The summed E-state index contributed by atoms with van der Waals surface area (Å²) < 4.78 is 0. The van der Waals surface area contributed by atoms with Crippen LogP contribution >= 0.6 is 11.3 Å². The molecular formula is C17H18N3OS+. The molecule has 1 aromatic carbocycles. The van der Waals surface area contributed by atoms with E-state index in [0.717, 1.165) is 30.1 Å². The summed E-state index contributed by atoms with van der Waals surface area (Å²) in [6, 6.07) is 7.79. The summed E-state index contributed by atoms with van der Waals surface area (Å²) in [5.41, 5.74) is 3.54.